The molecule has 0 fully saturated rings. The van der Waals surface area contributed by atoms with Crippen molar-refractivity contribution in [3.8, 4) is 17.2 Å². The minimum absolute atomic E-state index is 0.0963. The second-order valence-corrected chi connectivity index (χ2v) is 8.62. The first-order valence-corrected chi connectivity index (χ1v) is 12.1. The van der Waals surface area contributed by atoms with E-state index < -0.39 is 63.0 Å². The van der Waals surface area contributed by atoms with Gasteiger partial charge in [-0.05, 0) is 36.8 Å². The summed E-state index contributed by atoms with van der Waals surface area (Å²) in [6.07, 6.45) is -6.09. The Morgan fingerprint density at radius 2 is 1.72 bits per heavy atom. The summed E-state index contributed by atoms with van der Waals surface area (Å²) in [6, 6.07) is 6.35. The molecule has 1 atom stereocenters. The van der Waals surface area contributed by atoms with Gasteiger partial charge in [0.1, 0.15) is 17.5 Å². The Hall–Kier alpha value is -5.55. The first kappa shape index (κ1) is 32.0. The van der Waals surface area contributed by atoms with Crippen LogP contribution in [0.15, 0.2) is 47.3 Å². The molecule has 0 aliphatic rings. The van der Waals surface area contributed by atoms with Gasteiger partial charge < -0.3 is 19.5 Å². The number of aromatic nitrogens is 2. The van der Waals surface area contributed by atoms with E-state index >= 15 is 0 Å². The summed E-state index contributed by atoms with van der Waals surface area (Å²) in [4.78, 5) is 56.9. The molecule has 3 aromatic rings. The number of halogens is 3. The number of hydrogen-bond donors (Lipinski definition) is 2. The number of carbonyl (C=O) groups excluding carboxylic acids is 2. The van der Waals surface area contributed by atoms with E-state index in [1.165, 1.54) is 49.7 Å². The van der Waals surface area contributed by atoms with E-state index in [9.17, 15) is 47.8 Å². The molecule has 2 aromatic carbocycles. The van der Waals surface area contributed by atoms with Gasteiger partial charge in [0.15, 0.2) is 0 Å². The van der Waals surface area contributed by atoms with Crippen LogP contribution in [0, 0.1) is 20.2 Å². The molecular formula is C25H22F3N5O10. The molecule has 0 aliphatic heterocycles. The van der Waals surface area contributed by atoms with Crippen molar-refractivity contribution < 1.29 is 46.8 Å². The molecule has 0 saturated heterocycles. The number of methoxy groups -OCH3 is 1. The first-order chi connectivity index (χ1) is 20.2. The third kappa shape index (κ3) is 8.24. The van der Waals surface area contributed by atoms with Crippen molar-refractivity contribution in [2.75, 3.05) is 13.7 Å². The molecule has 43 heavy (non-hydrogen) atoms. The van der Waals surface area contributed by atoms with E-state index in [2.05, 4.69) is 14.9 Å². The largest absolute Gasteiger partial charge is 0.496 e. The Morgan fingerprint density at radius 3 is 2.23 bits per heavy atom. The van der Waals surface area contributed by atoms with Crippen LogP contribution in [0.25, 0.3) is 0 Å². The van der Waals surface area contributed by atoms with Crippen molar-refractivity contribution in [2.45, 2.75) is 32.0 Å². The number of ether oxygens (including phenoxy) is 3. The zero-order valence-electron chi connectivity index (χ0n) is 22.3. The number of nitro groups is 2. The number of rotatable bonds is 12. The van der Waals surface area contributed by atoms with Gasteiger partial charge in [-0.15, -0.1) is 0 Å². The fraction of sp³-hybridized carbons (Fsp3) is 0.280. The van der Waals surface area contributed by atoms with E-state index in [1.54, 1.807) is 0 Å². The summed E-state index contributed by atoms with van der Waals surface area (Å²) in [6.45, 7) is 1.08. The average molecular weight is 609 g/mol. The Bertz CT molecular complexity index is 1550. The maximum atomic E-state index is 12.8. The maximum Gasteiger partial charge on any atom is 0.471 e. The molecule has 1 heterocycles. The highest BCUT2D eigenvalue weighted by Crippen LogP contribution is 2.42. The predicted octanol–water partition coefficient (Wildman–Crippen LogP) is 3.13. The van der Waals surface area contributed by atoms with Gasteiger partial charge in [0, 0.05) is 36.6 Å². The van der Waals surface area contributed by atoms with Gasteiger partial charge in [0.05, 0.1) is 29.3 Å². The van der Waals surface area contributed by atoms with Crippen LogP contribution < -0.4 is 20.3 Å². The molecule has 2 N–H and O–H groups in total. The number of nitrogens with one attached hydrogen (secondary N) is 2. The summed E-state index contributed by atoms with van der Waals surface area (Å²) in [5, 5.41) is 31.5. The van der Waals surface area contributed by atoms with Crippen LogP contribution in [0.1, 0.15) is 23.7 Å². The van der Waals surface area contributed by atoms with Crippen LogP contribution in [-0.2, 0) is 27.2 Å². The van der Waals surface area contributed by atoms with E-state index in [4.69, 9.17) is 9.47 Å². The molecule has 15 nitrogen and oxygen atoms in total. The van der Waals surface area contributed by atoms with Gasteiger partial charge >= 0.3 is 29.4 Å². The molecule has 0 bridgehead atoms. The SMILES string of the molecule is CCOC(=O)[C@H](Cc1cc([N+](=O)[O-])c(Oc2ccc(OC)c(Cc3ccc(=O)[nH]n3)c2)c([N+](=O)[O-])c1)NC(=O)C(F)(F)F. The van der Waals surface area contributed by atoms with Crippen molar-refractivity contribution in [3.63, 3.8) is 0 Å². The molecule has 18 heteroatoms. The molecule has 0 radical (unpaired) electrons. The topological polar surface area (TPSA) is 206 Å². The lowest BCUT2D eigenvalue weighted by molar-refractivity contribution is -0.395. The average Bonchev–Trinajstić information content (AvgIpc) is 2.94. The molecule has 0 spiro atoms. The van der Waals surface area contributed by atoms with Crippen molar-refractivity contribution in [3.05, 3.63) is 89.9 Å². The normalized spacial score (nSPS) is 11.7. The van der Waals surface area contributed by atoms with Gasteiger partial charge in [0.2, 0.25) is 0 Å². The van der Waals surface area contributed by atoms with Crippen LogP contribution in [0.3, 0.4) is 0 Å². The second-order valence-electron chi connectivity index (χ2n) is 8.62. The molecule has 0 aliphatic carbocycles. The molecule has 228 valence electrons. The molecular weight excluding hydrogens is 587 g/mol. The molecule has 0 saturated carbocycles. The van der Waals surface area contributed by atoms with Gasteiger partial charge in [-0.1, -0.05) is 0 Å². The highest BCUT2D eigenvalue weighted by molar-refractivity contribution is 5.87. The summed E-state index contributed by atoms with van der Waals surface area (Å²) >= 11 is 0. The van der Waals surface area contributed by atoms with Crippen LogP contribution in [0.4, 0.5) is 24.5 Å². The summed E-state index contributed by atoms with van der Waals surface area (Å²) in [7, 11) is 1.37. The minimum Gasteiger partial charge on any atom is -0.496 e. The molecule has 1 aromatic heterocycles. The van der Waals surface area contributed by atoms with Crippen LogP contribution in [0.2, 0.25) is 0 Å². The third-order valence-corrected chi connectivity index (χ3v) is 5.66. The smallest absolute Gasteiger partial charge is 0.471 e. The zero-order valence-corrected chi connectivity index (χ0v) is 22.3. The van der Waals surface area contributed by atoms with Crippen molar-refractivity contribution in [2.24, 2.45) is 0 Å². The quantitative estimate of drug-likeness (QED) is 0.173. The zero-order chi connectivity index (χ0) is 31.9. The Labute approximate surface area is 238 Å². The fourth-order valence-electron chi connectivity index (χ4n) is 3.80. The van der Waals surface area contributed by atoms with Crippen molar-refractivity contribution >= 4 is 23.3 Å². The minimum atomic E-state index is -5.37. The number of hydrogen-bond acceptors (Lipinski definition) is 11. The van der Waals surface area contributed by atoms with Crippen LogP contribution in [0.5, 0.6) is 17.2 Å². The number of aromatic amines is 1. The van der Waals surface area contributed by atoms with Crippen LogP contribution in [-0.4, -0.2) is 57.9 Å². The summed E-state index contributed by atoms with van der Waals surface area (Å²) < 4.78 is 54.0. The van der Waals surface area contributed by atoms with Gasteiger partial charge in [-0.3, -0.25) is 29.8 Å². The van der Waals surface area contributed by atoms with Crippen molar-refractivity contribution in [1.29, 1.82) is 0 Å². The van der Waals surface area contributed by atoms with E-state index in [-0.39, 0.29) is 24.3 Å². The van der Waals surface area contributed by atoms with E-state index in [0.29, 0.717) is 17.0 Å². The standard InChI is InChI=1S/C25H22F3N5O10/c1-3-42-23(35)17(29-24(36)25(26,27)28)8-13-9-18(32(37)38)22(19(10-13)33(39)40)43-16-5-6-20(41-2)14(12-16)11-15-4-7-21(34)31-30-15/h4-7,9-10,12,17H,3,8,11H2,1-2H3,(H,29,36)(H,31,34)/t17-/m0/s1. The maximum absolute atomic E-state index is 12.8. The monoisotopic (exact) mass is 609 g/mol. The van der Waals surface area contributed by atoms with Gasteiger partial charge in [-0.2, -0.15) is 18.3 Å². The number of benzene rings is 2. The highest BCUT2D eigenvalue weighted by atomic mass is 19.4. The lowest BCUT2D eigenvalue weighted by Crippen LogP contribution is -2.48. The number of esters is 1. The fourth-order valence-corrected chi connectivity index (χ4v) is 3.80. The summed E-state index contributed by atoms with van der Waals surface area (Å²) in [5.74, 6) is -4.36. The first-order valence-electron chi connectivity index (χ1n) is 12.1. The number of alkyl halides is 3. The highest BCUT2D eigenvalue weighted by Gasteiger charge is 2.41. The van der Waals surface area contributed by atoms with Gasteiger partial charge in [-0.25, -0.2) is 9.89 Å². The summed E-state index contributed by atoms with van der Waals surface area (Å²) in [5.41, 5.74) is -1.84. The van der Waals surface area contributed by atoms with E-state index in [0.717, 1.165) is 12.1 Å². The van der Waals surface area contributed by atoms with Crippen molar-refractivity contribution in [1.82, 2.24) is 15.5 Å². The van der Waals surface area contributed by atoms with Crippen LogP contribution >= 0.6 is 0 Å². The third-order valence-electron chi connectivity index (χ3n) is 5.66. The number of carbonyl (C=O) groups is 2. The molecule has 1 amide bonds. The lowest BCUT2D eigenvalue weighted by Gasteiger charge is -2.18. The number of nitro benzene ring substituents is 2. The van der Waals surface area contributed by atoms with Gasteiger partial charge in [0.25, 0.3) is 11.3 Å². The number of amides is 1. The Kier molecular flexibility index (Phi) is 9.97. The Morgan fingerprint density at radius 1 is 1.07 bits per heavy atom. The number of nitrogens with zero attached hydrogens (tertiary/aromatic N) is 3. The lowest BCUT2D eigenvalue weighted by atomic mass is 10.0. The Balaban J connectivity index is 2.03. The molecule has 0 unspecified atom stereocenters. The predicted molar refractivity (Wildman–Crippen MR) is 139 cm³/mol. The van der Waals surface area contributed by atoms with E-state index in [1.807, 2.05) is 0 Å². The molecule has 3 rings (SSSR count). The number of H-pyrrole nitrogens is 1. The second kappa shape index (κ2) is 13.4.